The summed E-state index contributed by atoms with van der Waals surface area (Å²) in [4.78, 5) is 25.1. The summed E-state index contributed by atoms with van der Waals surface area (Å²) in [5.41, 5.74) is 0.327. The van der Waals surface area contributed by atoms with E-state index in [-0.39, 0.29) is 22.9 Å². The summed E-state index contributed by atoms with van der Waals surface area (Å²) < 4.78 is 1.03. The SMILES string of the molecule is Cc1nc2cccc([N+](=O)[O-])n2c1C(=O)O. The molecule has 2 aromatic heterocycles. The van der Waals surface area contributed by atoms with E-state index in [1.165, 1.54) is 25.1 Å². The van der Waals surface area contributed by atoms with Gasteiger partial charge in [0.2, 0.25) is 11.3 Å². The quantitative estimate of drug-likeness (QED) is 0.607. The van der Waals surface area contributed by atoms with Gasteiger partial charge in [-0.25, -0.2) is 9.78 Å². The van der Waals surface area contributed by atoms with E-state index in [9.17, 15) is 14.9 Å². The van der Waals surface area contributed by atoms with Gasteiger partial charge >= 0.3 is 11.8 Å². The van der Waals surface area contributed by atoms with Gasteiger partial charge in [-0.05, 0) is 17.9 Å². The third-order valence-corrected chi connectivity index (χ3v) is 2.19. The summed E-state index contributed by atoms with van der Waals surface area (Å²) >= 11 is 0. The molecule has 2 aromatic rings. The third-order valence-electron chi connectivity index (χ3n) is 2.19. The van der Waals surface area contributed by atoms with E-state index >= 15 is 0 Å². The Morgan fingerprint density at radius 2 is 2.25 bits per heavy atom. The highest BCUT2D eigenvalue weighted by molar-refractivity contribution is 5.88. The number of aryl methyl sites for hydroxylation is 1. The maximum absolute atomic E-state index is 11.0. The van der Waals surface area contributed by atoms with Crippen LogP contribution in [0.2, 0.25) is 0 Å². The molecule has 2 heterocycles. The van der Waals surface area contributed by atoms with Crippen LogP contribution in [0.15, 0.2) is 18.2 Å². The zero-order valence-electron chi connectivity index (χ0n) is 8.25. The first-order chi connectivity index (χ1) is 7.52. The lowest BCUT2D eigenvalue weighted by molar-refractivity contribution is -0.390. The van der Waals surface area contributed by atoms with E-state index in [1.54, 1.807) is 0 Å². The number of nitrogens with zero attached hydrogens (tertiary/aromatic N) is 3. The van der Waals surface area contributed by atoms with Gasteiger partial charge in [0, 0.05) is 12.1 Å². The molecule has 0 atom stereocenters. The van der Waals surface area contributed by atoms with Crippen molar-refractivity contribution in [3.63, 3.8) is 0 Å². The number of carboxylic acids is 1. The predicted molar refractivity (Wildman–Crippen MR) is 53.5 cm³/mol. The molecule has 16 heavy (non-hydrogen) atoms. The number of carboxylic acid groups (broad SMARTS) is 1. The fourth-order valence-corrected chi connectivity index (χ4v) is 1.58. The van der Waals surface area contributed by atoms with Crippen molar-refractivity contribution < 1.29 is 14.8 Å². The van der Waals surface area contributed by atoms with Crippen LogP contribution in [0.5, 0.6) is 0 Å². The van der Waals surface area contributed by atoms with Crippen molar-refractivity contribution in [2.45, 2.75) is 6.92 Å². The van der Waals surface area contributed by atoms with Crippen LogP contribution in [0.1, 0.15) is 16.2 Å². The molecule has 0 amide bonds. The van der Waals surface area contributed by atoms with E-state index < -0.39 is 10.9 Å². The molecule has 0 spiro atoms. The molecular formula is C9H7N3O4. The topological polar surface area (TPSA) is 97.7 Å². The number of imidazole rings is 1. The molecule has 7 heteroatoms. The number of fused-ring (bicyclic) bond motifs is 1. The van der Waals surface area contributed by atoms with Crippen molar-refractivity contribution in [3.8, 4) is 0 Å². The zero-order chi connectivity index (χ0) is 11.9. The van der Waals surface area contributed by atoms with Gasteiger partial charge in [-0.15, -0.1) is 0 Å². The summed E-state index contributed by atoms with van der Waals surface area (Å²) in [7, 11) is 0. The number of aromatic carboxylic acids is 1. The molecule has 7 nitrogen and oxygen atoms in total. The van der Waals surface area contributed by atoms with Crippen molar-refractivity contribution in [3.05, 3.63) is 39.7 Å². The van der Waals surface area contributed by atoms with Crippen LogP contribution in [-0.2, 0) is 0 Å². The fourth-order valence-electron chi connectivity index (χ4n) is 1.58. The molecular weight excluding hydrogens is 214 g/mol. The van der Waals surface area contributed by atoms with Gasteiger partial charge < -0.3 is 15.2 Å². The van der Waals surface area contributed by atoms with E-state index in [4.69, 9.17) is 5.11 Å². The van der Waals surface area contributed by atoms with Crippen molar-refractivity contribution in [1.29, 1.82) is 0 Å². The van der Waals surface area contributed by atoms with Crippen molar-refractivity contribution >= 4 is 17.4 Å². The van der Waals surface area contributed by atoms with E-state index in [2.05, 4.69) is 4.98 Å². The Bertz CT molecular complexity index is 602. The van der Waals surface area contributed by atoms with Gasteiger partial charge in [-0.2, -0.15) is 4.40 Å². The molecule has 0 saturated carbocycles. The standard InChI is InChI=1S/C9H7N3O4/c1-5-8(9(13)14)11-6(10-5)3-2-4-7(11)12(15)16/h2-4H,1H3,(H,13,14). The lowest BCUT2D eigenvalue weighted by Crippen LogP contribution is -2.07. The van der Waals surface area contributed by atoms with Gasteiger partial charge in [-0.3, -0.25) is 0 Å². The number of carbonyl (C=O) groups is 1. The second kappa shape index (κ2) is 3.30. The molecule has 2 rings (SSSR count). The third kappa shape index (κ3) is 1.29. The Labute approximate surface area is 89.1 Å². The van der Waals surface area contributed by atoms with Crippen molar-refractivity contribution in [2.75, 3.05) is 0 Å². The van der Waals surface area contributed by atoms with E-state index in [1.807, 2.05) is 0 Å². The van der Waals surface area contributed by atoms with Crippen LogP contribution >= 0.6 is 0 Å². The van der Waals surface area contributed by atoms with Crippen LogP contribution in [0, 0.1) is 17.0 Å². The molecule has 0 saturated heterocycles. The molecule has 1 N–H and O–H groups in total. The highest BCUT2D eigenvalue weighted by atomic mass is 16.6. The van der Waals surface area contributed by atoms with Gasteiger partial charge in [-0.1, -0.05) is 0 Å². The predicted octanol–water partition coefficient (Wildman–Crippen LogP) is 1.25. The first-order valence-corrected chi connectivity index (χ1v) is 4.38. The number of pyridine rings is 1. The van der Waals surface area contributed by atoms with Crippen LogP contribution in [0.4, 0.5) is 5.82 Å². The summed E-state index contributed by atoms with van der Waals surface area (Å²) in [6.45, 7) is 1.50. The first-order valence-electron chi connectivity index (χ1n) is 4.38. The summed E-state index contributed by atoms with van der Waals surface area (Å²) in [6, 6.07) is 4.22. The second-order valence-electron chi connectivity index (χ2n) is 3.19. The summed E-state index contributed by atoms with van der Waals surface area (Å²) in [5.74, 6) is -1.55. The monoisotopic (exact) mass is 221 g/mol. The van der Waals surface area contributed by atoms with Gasteiger partial charge in [0.25, 0.3) is 0 Å². The van der Waals surface area contributed by atoms with E-state index in [0.717, 1.165) is 4.40 Å². The summed E-state index contributed by atoms with van der Waals surface area (Å²) in [5, 5.41) is 19.7. The largest absolute Gasteiger partial charge is 0.475 e. The number of rotatable bonds is 2. The average molecular weight is 221 g/mol. The van der Waals surface area contributed by atoms with Gasteiger partial charge in [0.05, 0.1) is 5.69 Å². The molecule has 0 bridgehead atoms. The Morgan fingerprint density at radius 3 is 2.81 bits per heavy atom. The van der Waals surface area contributed by atoms with Crippen molar-refractivity contribution in [2.24, 2.45) is 0 Å². The lowest BCUT2D eigenvalue weighted by Gasteiger charge is -1.98. The number of hydrogen-bond donors (Lipinski definition) is 1. The zero-order valence-corrected chi connectivity index (χ0v) is 8.25. The Hall–Kier alpha value is -2.44. The number of aromatic nitrogens is 2. The Balaban J connectivity index is 2.94. The summed E-state index contributed by atoms with van der Waals surface area (Å²) in [6.07, 6.45) is 0. The van der Waals surface area contributed by atoms with E-state index in [0.29, 0.717) is 0 Å². The minimum absolute atomic E-state index is 0.178. The second-order valence-corrected chi connectivity index (χ2v) is 3.19. The minimum atomic E-state index is -1.24. The first kappa shape index (κ1) is 10.1. The molecule has 0 aliphatic carbocycles. The van der Waals surface area contributed by atoms with Gasteiger partial charge in [0.1, 0.15) is 0 Å². The highest BCUT2D eigenvalue weighted by Gasteiger charge is 2.25. The van der Waals surface area contributed by atoms with Crippen LogP contribution < -0.4 is 0 Å². The van der Waals surface area contributed by atoms with Crippen LogP contribution in [-0.4, -0.2) is 25.4 Å². The number of hydrogen-bond acceptors (Lipinski definition) is 4. The molecule has 0 unspecified atom stereocenters. The maximum Gasteiger partial charge on any atom is 0.378 e. The normalized spacial score (nSPS) is 10.6. The Kier molecular flexibility index (Phi) is 2.08. The van der Waals surface area contributed by atoms with Crippen molar-refractivity contribution in [1.82, 2.24) is 9.38 Å². The molecule has 0 fully saturated rings. The van der Waals surface area contributed by atoms with Crippen LogP contribution in [0.25, 0.3) is 5.65 Å². The lowest BCUT2D eigenvalue weighted by atomic mass is 10.3. The Morgan fingerprint density at radius 1 is 1.56 bits per heavy atom. The molecule has 82 valence electrons. The molecule has 0 radical (unpaired) electrons. The molecule has 0 aliphatic heterocycles. The highest BCUT2D eigenvalue weighted by Crippen LogP contribution is 2.19. The van der Waals surface area contributed by atoms with Crippen LogP contribution in [0.3, 0.4) is 0 Å². The molecule has 0 aromatic carbocycles. The smallest absolute Gasteiger partial charge is 0.378 e. The fraction of sp³-hybridized carbons (Fsp3) is 0.111. The maximum atomic E-state index is 11.0. The average Bonchev–Trinajstić information content (AvgIpc) is 2.52. The molecule has 0 aliphatic rings. The van der Waals surface area contributed by atoms with Gasteiger partial charge in [0.15, 0.2) is 0 Å². The minimum Gasteiger partial charge on any atom is -0.475 e. The number of nitro groups is 1.